The molecule has 1 amide bonds. The van der Waals surface area contributed by atoms with E-state index in [2.05, 4.69) is 5.10 Å². The number of nitrogens with zero attached hydrogens (tertiary/aromatic N) is 3. The third-order valence-electron chi connectivity index (χ3n) is 3.44. The van der Waals surface area contributed by atoms with Crippen LogP contribution >= 0.6 is 0 Å². The van der Waals surface area contributed by atoms with Gasteiger partial charge in [0.05, 0.1) is 11.6 Å². The summed E-state index contributed by atoms with van der Waals surface area (Å²) in [4.78, 5) is 24.7. The summed E-state index contributed by atoms with van der Waals surface area (Å²) in [6.07, 6.45) is 1.79. The quantitative estimate of drug-likeness (QED) is 0.916. The maximum absolute atomic E-state index is 12.4. The summed E-state index contributed by atoms with van der Waals surface area (Å²) in [5.74, 6) is -1.82. The maximum Gasteiger partial charge on any atom is 0.308 e. The molecule has 1 atom stereocenters. The molecule has 1 aromatic heterocycles. The summed E-state index contributed by atoms with van der Waals surface area (Å²) in [5, 5.41) is 13.3. The Labute approximate surface area is 129 Å². The van der Waals surface area contributed by atoms with Crippen LogP contribution < -0.4 is 0 Å². The first-order chi connectivity index (χ1) is 10.4. The summed E-state index contributed by atoms with van der Waals surface area (Å²) < 4.78 is 1.65. The molecule has 0 aliphatic carbocycles. The molecule has 0 radical (unpaired) electrons. The third-order valence-corrected chi connectivity index (χ3v) is 3.44. The molecule has 0 saturated heterocycles. The zero-order chi connectivity index (χ0) is 16.3. The minimum absolute atomic E-state index is 0.145. The lowest BCUT2D eigenvalue weighted by Gasteiger charge is -2.18. The van der Waals surface area contributed by atoms with E-state index < -0.39 is 11.9 Å². The fourth-order valence-electron chi connectivity index (χ4n) is 2.14. The van der Waals surface area contributed by atoms with Crippen LogP contribution in [0.3, 0.4) is 0 Å². The second-order valence-corrected chi connectivity index (χ2v) is 5.37. The molecule has 1 N–H and O–H groups in total. The lowest BCUT2D eigenvalue weighted by atomic mass is 10.1. The Hall–Kier alpha value is -2.63. The Morgan fingerprint density at radius 3 is 2.55 bits per heavy atom. The van der Waals surface area contributed by atoms with Gasteiger partial charge in [0, 0.05) is 25.4 Å². The number of aliphatic carboxylic acids is 1. The molecule has 0 fully saturated rings. The topological polar surface area (TPSA) is 75.4 Å². The highest BCUT2D eigenvalue weighted by Crippen LogP contribution is 2.13. The molecular weight excluding hydrogens is 282 g/mol. The number of carboxylic acid groups (broad SMARTS) is 1. The molecule has 0 aliphatic rings. The molecule has 6 nitrogen and oxygen atoms in total. The van der Waals surface area contributed by atoms with Crippen LogP contribution in [0.25, 0.3) is 5.69 Å². The predicted octanol–water partition coefficient (Wildman–Crippen LogP) is 1.97. The molecule has 0 aliphatic heterocycles. The second kappa shape index (κ2) is 6.43. The van der Waals surface area contributed by atoms with Crippen LogP contribution in [0.15, 0.2) is 36.5 Å². The summed E-state index contributed by atoms with van der Waals surface area (Å²) >= 11 is 0. The number of rotatable bonds is 5. The van der Waals surface area contributed by atoms with Crippen molar-refractivity contribution in [2.45, 2.75) is 13.8 Å². The largest absolute Gasteiger partial charge is 0.481 e. The number of benzene rings is 1. The minimum Gasteiger partial charge on any atom is -0.481 e. The van der Waals surface area contributed by atoms with Gasteiger partial charge in [0.25, 0.3) is 5.91 Å². The summed E-state index contributed by atoms with van der Waals surface area (Å²) in [5.41, 5.74) is 1.96. The van der Waals surface area contributed by atoms with Gasteiger partial charge in [0.15, 0.2) is 5.69 Å². The molecule has 6 heteroatoms. The van der Waals surface area contributed by atoms with E-state index in [9.17, 15) is 9.59 Å². The van der Waals surface area contributed by atoms with Crippen molar-refractivity contribution in [3.8, 4) is 5.69 Å². The van der Waals surface area contributed by atoms with Crippen LogP contribution in [0.2, 0.25) is 0 Å². The number of hydrogen-bond acceptors (Lipinski definition) is 3. The van der Waals surface area contributed by atoms with E-state index >= 15 is 0 Å². The first kappa shape index (κ1) is 15.8. The molecule has 0 spiro atoms. The highest BCUT2D eigenvalue weighted by atomic mass is 16.4. The van der Waals surface area contributed by atoms with E-state index in [-0.39, 0.29) is 12.5 Å². The van der Waals surface area contributed by atoms with Crippen molar-refractivity contribution in [1.29, 1.82) is 0 Å². The van der Waals surface area contributed by atoms with Crippen LogP contribution in [-0.4, -0.2) is 45.3 Å². The van der Waals surface area contributed by atoms with E-state index in [1.807, 2.05) is 37.3 Å². The van der Waals surface area contributed by atoms with E-state index in [1.54, 1.807) is 24.9 Å². The van der Waals surface area contributed by atoms with Gasteiger partial charge in [-0.3, -0.25) is 9.59 Å². The van der Waals surface area contributed by atoms with Gasteiger partial charge in [0.2, 0.25) is 0 Å². The number of amides is 1. The molecule has 2 rings (SSSR count). The third kappa shape index (κ3) is 3.33. The molecule has 1 heterocycles. The Kier molecular flexibility index (Phi) is 4.60. The number of carboxylic acids is 1. The van der Waals surface area contributed by atoms with Gasteiger partial charge in [0.1, 0.15) is 0 Å². The Morgan fingerprint density at radius 1 is 1.32 bits per heavy atom. The Morgan fingerprint density at radius 2 is 1.95 bits per heavy atom. The van der Waals surface area contributed by atoms with Crippen LogP contribution in [0, 0.1) is 12.8 Å². The molecule has 0 saturated carbocycles. The van der Waals surface area contributed by atoms with E-state index in [4.69, 9.17) is 5.11 Å². The van der Waals surface area contributed by atoms with E-state index in [1.165, 1.54) is 4.90 Å². The molecule has 1 aromatic carbocycles. The number of para-hydroxylation sites is 1. The molecule has 22 heavy (non-hydrogen) atoms. The zero-order valence-electron chi connectivity index (χ0n) is 12.9. The molecule has 0 bridgehead atoms. The smallest absolute Gasteiger partial charge is 0.308 e. The van der Waals surface area contributed by atoms with E-state index in [0.29, 0.717) is 5.69 Å². The summed E-state index contributed by atoms with van der Waals surface area (Å²) in [7, 11) is 1.59. The molecule has 2 aromatic rings. The number of hydrogen-bond donors (Lipinski definition) is 1. The van der Waals surface area contributed by atoms with Crippen LogP contribution in [-0.2, 0) is 4.79 Å². The second-order valence-electron chi connectivity index (χ2n) is 5.37. The van der Waals surface area contributed by atoms with Crippen molar-refractivity contribution >= 4 is 11.9 Å². The SMILES string of the molecule is Cc1cn(-c2ccccc2)nc1C(=O)N(C)CC(C)C(=O)O. The van der Waals surface area contributed by atoms with Crippen molar-refractivity contribution < 1.29 is 14.7 Å². The van der Waals surface area contributed by atoms with Crippen LogP contribution in [0.1, 0.15) is 23.0 Å². The highest BCUT2D eigenvalue weighted by Gasteiger charge is 2.22. The zero-order valence-corrected chi connectivity index (χ0v) is 12.9. The van der Waals surface area contributed by atoms with Crippen LogP contribution in [0.5, 0.6) is 0 Å². The fraction of sp³-hybridized carbons (Fsp3) is 0.312. The maximum atomic E-state index is 12.4. The normalized spacial score (nSPS) is 12.0. The lowest BCUT2D eigenvalue weighted by molar-refractivity contribution is -0.141. The first-order valence-corrected chi connectivity index (χ1v) is 7.00. The molecule has 116 valence electrons. The van der Waals surface area contributed by atoms with Gasteiger partial charge in [-0.1, -0.05) is 25.1 Å². The van der Waals surface area contributed by atoms with Crippen molar-refractivity contribution in [2.24, 2.45) is 5.92 Å². The van der Waals surface area contributed by atoms with E-state index in [0.717, 1.165) is 11.3 Å². The van der Waals surface area contributed by atoms with Crippen molar-refractivity contribution in [1.82, 2.24) is 14.7 Å². The Balaban J connectivity index is 2.20. The van der Waals surface area contributed by atoms with Gasteiger partial charge in [-0.15, -0.1) is 0 Å². The van der Waals surface area contributed by atoms with Gasteiger partial charge < -0.3 is 10.0 Å². The number of aryl methyl sites for hydroxylation is 1. The van der Waals surface area contributed by atoms with Gasteiger partial charge in [-0.2, -0.15) is 5.10 Å². The fourth-order valence-corrected chi connectivity index (χ4v) is 2.14. The monoisotopic (exact) mass is 301 g/mol. The van der Waals surface area contributed by atoms with Crippen molar-refractivity contribution in [3.63, 3.8) is 0 Å². The standard InChI is InChI=1S/C16H19N3O3/c1-11-10-19(13-7-5-4-6-8-13)17-14(11)15(20)18(3)9-12(2)16(21)22/h4-8,10,12H,9H2,1-3H3,(H,21,22). The van der Waals surface area contributed by atoms with Gasteiger partial charge >= 0.3 is 5.97 Å². The number of carbonyl (C=O) groups is 2. The van der Waals surface area contributed by atoms with Crippen molar-refractivity contribution in [3.05, 3.63) is 47.8 Å². The van der Waals surface area contributed by atoms with Gasteiger partial charge in [-0.25, -0.2) is 4.68 Å². The predicted molar refractivity (Wildman–Crippen MR) is 82.1 cm³/mol. The Bertz CT molecular complexity index is 679. The van der Waals surface area contributed by atoms with Crippen LogP contribution in [0.4, 0.5) is 0 Å². The lowest BCUT2D eigenvalue weighted by Crippen LogP contribution is -2.34. The first-order valence-electron chi connectivity index (χ1n) is 7.00. The highest BCUT2D eigenvalue weighted by molar-refractivity contribution is 5.93. The average Bonchev–Trinajstić information content (AvgIpc) is 2.89. The molecular formula is C16H19N3O3. The number of carbonyl (C=O) groups excluding carboxylic acids is 1. The van der Waals surface area contributed by atoms with Gasteiger partial charge in [-0.05, 0) is 19.1 Å². The average molecular weight is 301 g/mol. The van der Waals surface area contributed by atoms with Crippen molar-refractivity contribution in [2.75, 3.05) is 13.6 Å². The summed E-state index contributed by atoms with van der Waals surface area (Å²) in [6.45, 7) is 3.53. The summed E-state index contributed by atoms with van der Waals surface area (Å²) in [6, 6.07) is 9.50. The minimum atomic E-state index is -0.925. The molecule has 1 unspecified atom stereocenters. The number of aromatic nitrogens is 2.